The highest BCUT2D eigenvalue weighted by atomic mass is 16.2. The Labute approximate surface area is 175 Å². The summed E-state index contributed by atoms with van der Waals surface area (Å²) >= 11 is 0. The number of likely N-dealkylation sites (tertiary alicyclic amines) is 2. The number of benzene rings is 1. The van der Waals surface area contributed by atoms with Crippen LogP contribution >= 0.6 is 0 Å². The molecule has 0 radical (unpaired) electrons. The van der Waals surface area contributed by atoms with Gasteiger partial charge in [0.1, 0.15) is 6.67 Å². The Kier molecular flexibility index (Phi) is 4.00. The van der Waals surface area contributed by atoms with Crippen molar-refractivity contribution in [2.75, 3.05) is 13.1 Å². The number of aromatic nitrogens is 3. The van der Waals surface area contributed by atoms with Gasteiger partial charge in [-0.3, -0.25) is 9.78 Å². The minimum Gasteiger partial charge on any atom is -0.370 e. The zero-order chi connectivity index (χ0) is 20.1. The number of pyridine rings is 1. The summed E-state index contributed by atoms with van der Waals surface area (Å²) in [6.45, 7) is 2.47. The Morgan fingerprint density at radius 1 is 1.10 bits per heavy atom. The molecule has 7 heteroatoms. The smallest absolute Gasteiger partial charge is 0.255 e. The molecule has 1 amide bonds. The molecule has 0 bridgehead atoms. The van der Waals surface area contributed by atoms with E-state index < -0.39 is 0 Å². The van der Waals surface area contributed by atoms with Crippen LogP contribution in [0.3, 0.4) is 0 Å². The zero-order valence-corrected chi connectivity index (χ0v) is 16.7. The van der Waals surface area contributed by atoms with Crippen LogP contribution in [0, 0.1) is 0 Å². The lowest BCUT2D eigenvalue weighted by atomic mass is 9.95. The maximum Gasteiger partial charge on any atom is 0.255 e. The van der Waals surface area contributed by atoms with E-state index >= 15 is 0 Å². The molecule has 1 N–H and O–H groups in total. The molecule has 3 aliphatic rings. The number of para-hydroxylation sites is 1. The molecule has 2 saturated heterocycles. The SMILES string of the molecule is O=C(c1cnc2ccccc2c1)N1CCC[C@@H]2[C@H]1CCN2C1=CNCn2nccc21. The fourth-order valence-electron chi connectivity index (χ4n) is 5.30. The maximum absolute atomic E-state index is 13.5. The van der Waals surface area contributed by atoms with Crippen LogP contribution in [0.1, 0.15) is 35.3 Å². The quantitative estimate of drug-likeness (QED) is 0.716. The van der Waals surface area contributed by atoms with Gasteiger partial charge in [0.05, 0.1) is 28.5 Å². The molecule has 0 spiro atoms. The average Bonchev–Trinajstić information content (AvgIpc) is 3.45. The molecule has 3 aromatic rings. The minimum absolute atomic E-state index is 0.102. The fourth-order valence-corrected chi connectivity index (χ4v) is 5.30. The largest absolute Gasteiger partial charge is 0.370 e. The molecule has 0 saturated carbocycles. The first-order valence-electron chi connectivity index (χ1n) is 10.7. The second kappa shape index (κ2) is 6.86. The molecular formula is C23H24N6O. The highest BCUT2D eigenvalue weighted by Crippen LogP contribution is 2.37. The van der Waals surface area contributed by atoms with Crippen molar-refractivity contribution < 1.29 is 4.79 Å². The first-order chi connectivity index (χ1) is 14.8. The molecule has 2 atom stereocenters. The summed E-state index contributed by atoms with van der Waals surface area (Å²) in [7, 11) is 0. The van der Waals surface area contributed by atoms with Crippen LogP contribution in [0.15, 0.2) is 55.0 Å². The first kappa shape index (κ1) is 17.5. The van der Waals surface area contributed by atoms with E-state index in [0.29, 0.717) is 18.3 Å². The van der Waals surface area contributed by atoms with E-state index in [4.69, 9.17) is 0 Å². The van der Waals surface area contributed by atoms with Crippen LogP contribution in [-0.2, 0) is 6.67 Å². The van der Waals surface area contributed by atoms with Gasteiger partial charge in [-0.15, -0.1) is 0 Å². The average molecular weight is 400 g/mol. The second-order valence-corrected chi connectivity index (χ2v) is 8.28. The van der Waals surface area contributed by atoms with Crippen molar-refractivity contribution >= 4 is 22.5 Å². The number of piperidine rings is 1. The van der Waals surface area contributed by atoms with Crippen molar-refractivity contribution in [2.45, 2.75) is 38.0 Å². The summed E-state index contributed by atoms with van der Waals surface area (Å²) in [6.07, 6.45) is 8.80. The molecule has 5 heterocycles. The Hall–Kier alpha value is -3.35. The maximum atomic E-state index is 13.5. The molecule has 0 aliphatic carbocycles. The number of rotatable bonds is 2. The van der Waals surface area contributed by atoms with E-state index in [0.717, 1.165) is 48.9 Å². The molecular weight excluding hydrogens is 376 g/mol. The fraction of sp³-hybridized carbons (Fsp3) is 0.348. The van der Waals surface area contributed by atoms with Crippen molar-refractivity contribution in [3.63, 3.8) is 0 Å². The van der Waals surface area contributed by atoms with Crippen molar-refractivity contribution in [1.29, 1.82) is 0 Å². The van der Waals surface area contributed by atoms with Crippen LogP contribution in [-0.4, -0.2) is 55.6 Å². The van der Waals surface area contributed by atoms with Crippen molar-refractivity contribution in [3.8, 4) is 0 Å². The summed E-state index contributed by atoms with van der Waals surface area (Å²) in [6, 6.07) is 12.6. The monoisotopic (exact) mass is 400 g/mol. The number of hydrogen-bond donors (Lipinski definition) is 1. The van der Waals surface area contributed by atoms with Crippen molar-refractivity contribution in [3.05, 3.63) is 66.2 Å². The molecule has 0 unspecified atom stereocenters. The van der Waals surface area contributed by atoms with Crippen molar-refractivity contribution in [1.82, 2.24) is 29.9 Å². The van der Waals surface area contributed by atoms with Gasteiger partial charge < -0.3 is 15.1 Å². The number of amides is 1. The molecule has 3 aliphatic heterocycles. The molecule has 6 rings (SSSR count). The standard InChI is InChI=1S/C23H24N6O/c30-23(17-12-16-4-1-2-5-18(16)25-13-17)28-10-3-6-19-20(28)8-11-27(19)22-14-24-15-29-21(22)7-9-26-29/h1-2,4-5,7,9,12-14,19-20,24H,3,6,8,10-11,15H2/t19-,20-/m1/s1. The molecule has 7 nitrogen and oxygen atoms in total. The normalized spacial score (nSPS) is 23.0. The minimum atomic E-state index is 0.102. The lowest BCUT2D eigenvalue weighted by Crippen LogP contribution is -2.51. The van der Waals surface area contributed by atoms with Gasteiger partial charge >= 0.3 is 0 Å². The number of carbonyl (C=O) groups excluding carboxylic acids is 1. The third kappa shape index (κ3) is 2.69. The van der Waals surface area contributed by atoms with Gasteiger partial charge in [-0.1, -0.05) is 18.2 Å². The predicted molar refractivity (Wildman–Crippen MR) is 114 cm³/mol. The Morgan fingerprint density at radius 3 is 3.00 bits per heavy atom. The number of hydrogen-bond acceptors (Lipinski definition) is 5. The Balaban J connectivity index is 1.28. The summed E-state index contributed by atoms with van der Waals surface area (Å²) in [5.41, 5.74) is 3.94. The molecule has 30 heavy (non-hydrogen) atoms. The lowest BCUT2D eigenvalue weighted by molar-refractivity contribution is 0.0560. The van der Waals surface area contributed by atoms with E-state index in [1.54, 1.807) is 6.20 Å². The van der Waals surface area contributed by atoms with E-state index in [-0.39, 0.29) is 11.9 Å². The number of nitrogens with one attached hydrogen (secondary N) is 1. The third-order valence-corrected chi connectivity index (χ3v) is 6.68. The van der Waals surface area contributed by atoms with E-state index in [1.165, 1.54) is 5.70 Å². The third-order valence-electron chi connectivity index (χ3n) is 6.68. The lowest BCUT2D eigenvalue weighted by Gasteiger charge is -2.41. The summed E-state index contributed by atoms with van der Waals surface area (Å²) in [5, 5.41) is 8.75. The number of carbonyl (C=O) groups is 1. The van der Waals surface area contributed by atoms with E-state index in [1.807, 2.05) is 41.2 Å². The highest BCUT2D eigenvalue weighted by molar-refractivity contribution is 5.97. The van der Waals surface area contributed by atoms with E-state index in [2.05, 4.69) is 37.5 Å². The Bertz CT molecular complexity index is 1150. The Morgan fingerprint density at radius 2 is 2.03 bits per heavy atom. The van der Waals surface area contributed by atoms with Gasteiger partial charge in [0.25, 0.3) is 5.91 Å². The topological polar surface area (TPSA) is 66.3 Å². The van der Waals surface area contributed by atoms with Gasteiger partial charge in [-0.25, -0.2) is 4.68 Å². The summed E-state index contributed by atoms with van der Waals surface area (Å²) < 4.78 is 2.00. The van der Waals surface area contributed by atoms with Crippen LogP contribution in [0.5, 0.6) is 0 Å². The van der Waals surface area contributed by atoms with Gasteiger partial charge in [0.2, 0.25) is 0 Å². The molecule has 152 valence electrons. The molecule has 1 aromatic carbocycles. The van der Waals surface area contributed by atoms with Crippen molar-refractivity contribution in [2.24, 2.45) is 0 Å². The van der Waals surface area contributed by atoms with Gasteiger partial charge in [-0.2, -0.15) is 5.10 Å². The number of fused-ring (bicyclic) bond motifs is 3. The van der Waals surface area contributed by atoms with E-state index in [9.17, 15) is 4.79 Å². The van der Waals surface area contributed by atoms with Crippen LogP contribution in [0.25, 0.3) is 16.6 Å². The van der Waals surface area contributed by atoms with Gasteiger partial charge in [0, 0.05) is 43.1 Å². The molecule has 2 aromatic heterocycles. The summed E-state index contributed by atoms with van der Waals surface area (Å²) in [4.78, 5) is 22.5. The highest BCUT2D eigenvalue weighted by Gasteiger charge is 2.43. The van der Waals surface area contributed by atoms with Gasteiger partial charge in [0.15, 0.2) is 0 Å². The van der Waals surface area contributed by atoms with Crippen LogP contribution < -0.4 is 5.32 Å². The predicted octanol–water partition coefficient (Wildman–Crippen LogP) is 2.67. The first-order valence-corrected chi connectivity index (χ1v) is 10.7. The zero-order valence-electron chi connectivity index (χ0n) is 16.7. The number of nitrogens with zero attached hydrogens (tertiary/aromatic N) is 5. The molecule has 2 fully saturated rings. The van der Waals surface area contributed by atoms with Gasteiger partial charge in [-0.05, 0) is 37.5 Å². The second-order valence-electron chi connectivity index (χ2n) is 8.28. The van der Waals surface area contributed by atoms with Crippen LogP contribution in [0.4, 0.5) is 0 Å². The summed E-state index contributed by atoms with van der Waals surface area (Å²) in [5.74, 6) is 0.102. The van der Waals surface area contributed by atoms with Crippen LogP contribution in [0.2, 0.25) is 0 Å².